The number of aliphatic imine (C=N–C) groups is 1. The first-order valence-electron chi connectivity index (χ1n) is 6.72. The normalized spacial score (nSPS) is 30.9. The number of hydrogen-bond acceptors (Lipinski definition) is 2. The predicted molar refractivity (Wildman–Crippen MR) is 70.1 cm³/mol. The van der Waals surface area contributed by atoms with Crippen molar-refractivity contribution in [2.45, 2.75) is 64.2 Å². The van der Waals surface area contributed by atoms with Crippen LogP contribution in [0, 0.1) is 0 Å². The maximum atomic E-state index is 6.13. The fourth-order valence-corrected chi connectivity index (χ4v) is 2.93. The van der Waals surface area contributed by atoms with Crippen molar-refractivity contribution >= 4 is 5.96 Å². The Morgan fingerprint density at radius 3 is 2.59 bits per heavy atom. The summed E-state index contributed by atoms with van der Waals surface area (Å²) in [6.07, 6.45) is 5.21. The van der Waals surface area contributed by atoms with Gasteiger partial charge in [0.2, 0.25) is 0 Å². The molecule has 2 aliphatic rings. The van der Waals surface area contributed by atoms with Gasteiger partial charge >= 0.3 is 0 Å². The molecule has 1 aliphatic heterocycles. The Hall–Kier alpha value is -0.770. The maximum Gasteiger partial charge on any atom is 0.191 e. The molecule has 1 atom stereocenters. The monoisotopic (exact) mass is 239 g/mol. The van der Waals surface area contributed by atoms with Crippen molar-refractivity contribution in [3.05, 3.63) is 0 Å². The van der Waals surface area contributed by atoms with Gasteiger partial charge in [-0.1, -0.05) is 12.8 Å². The average Bonchev–Trinajstić information content (AvgIpc) is 2.67. The molecule has 2 fully saturated rings. The third-order valence-corrected chi connectivity index (χ3v) is 3.53. The van der Waals surface area contributed by atoms with E-state index in [-0.39, 0.29) is 11.7 Å². The van der Waals surface area contributed by atoms with Gasteiger partial charge < -0.3 is 15.4 Å². The predicted octanol–water partition coefficient (Wildman–Crippen LogP) is 1.74. The molecule has 1 heterocycles. The molecule has 4 heteroatoms. The van der Waals surface area contributed by atoms with Gasteiger partial charge in [-0.05, 0) is 33.6 Å². The molecular weight excluding hydrogens is 214 g/mol. The van der Waals surface area contributed by atoms with Gasteiger partial charge in [-0.25, -0.2) is 4.99 Å². The van der Waals surface area contributed by atoms with Crippen LogP contribution in [0.4, 0.5) is 0 Å². The van der Waals surface area contributed by atoms with E-state index in [1.54, 1.807) is 0 Å². The van der Waals surface area contributed by atoms with Crippen LogP contribution in [0.2, 0.25) is 0 Å². The highest BCUT2D eigenvalue weighted by atomic mass is 16.5. The van der Waals surface area contributed by atoms with Crippen molar-refractivity contribution in [3.8, 4) is 0 Å². The molecule has 0 spiro atoms. The number of nitrogens with zero attached hydrogens (tertiary/aromatic N) is 2. The minimum atomic E-state index is -0.131. The van der Waals surface area contributed by atoms with Crippen molar-refractivity contribution in [3.63, 3.8) is 0 Å². The molecule has 2 rings (SSSR count). The summed E-state index contributed by atoms with van der Waals surface area (Å²) in [4.78, 5) is 6.84. The highest BCUT2D eigenvalue weighted by molar-refractivity contribution is 5.78. The second kappa shape index (κ2) is 4.84. The lowest BCUT2D eigenvalue weighted by Crippen LogP contribution is -2.55. The fraction of sp³-hybridized carbons (Fsp3) is 0.923. The van der Waals surface area contributed by atoms with Crippen molar-refractivity contribution in [2.24, 2.45) is 10.7 Å². The topological polar surface area (TPSA) is 50.8 Å². The van der Waals surface area contributed by atoms with E-state index >= 15 is 0 Å². The number of hydrogen-bond donors (Lipinski definition) is 1. The second-order valence-corrected chi connectivity index (χ2v) is 5.99. The summed E-state index contributed by atoms with van der Waals surface area (Å²) in [7, 11) is 0. The smallest absolute Gasteiger partial charge is 0.191 e. The van der Waals surface area contributed by atoms with E-state index in [0.717, 1.165) is 13.1 Å². The van der Waals surface area contributed by atoms with Crippen LogP contribution in [0.15, 0.2) is 4.99 Å². The van der Waals surface area contributed by atoms with E-state index < -0.39 is 0 Å². The Balaban J connectivity index is 2.00. The third kappa shape index (κ3) is 3.35. The van der Waals surface area contributed by atoms with E-state index in [9.17, 15) is 0 Å². The second-order valence-electron chi connectivity index (χ2n) is 5.99. The molecule has 0 aromatic rings. The Morgan fingerprint density at radius 2 is 2.00 bits per heavy atom. The minimum Gasteiger partial charge on any atom is -0.370 e. The summed E-state index contributed by atoms with van der Waals surface area (Å²) in [5.74, 6) is 0.708. The zero-order chi connectivity index (χ0) is 12.5. The summed E-state index contributed by atoms with van der Waals surface area (Å²) in [6, 6.07) is 0.455. The van der Waals surface area contributed by atoms with Crippen LogP contribution in [0.1, 0.15) is 46.5 Å². The summed E-state index contributed by atoms with van der Waals surface area (Å²) in [5.41, 5.74) is 6.00. The van der Waals surface area contributed by atoms with Crippen LogP contribution < -0.4 is 5.73 Å². The van der Waals surface area contributed by atoms with Gasteiger partial charge in [0.25, 0.3) is 0 Å². The first-order valence-corrected chi connectivity index (χ1v) is 6.72. The molecular formula is C13H25N3O. The Labute approximate surface area is 104 Å². The van der Waals surface area contributed by atoms with E-state index in [1.807, 2.05) is 0 Å². The van der Waals surface area contributed by atoms with Crippen LogP contribution >= 0.6 is 0 Å². The molecule has 1 aliphatic carbocycles. The highest BCUT2D eigenvalue weighted by Crippen LogP contribution is 2.23. The van der Waals surface area contributed by atoms with Crippen LogP contribution in [0.5, 0.6) is 0 Å². The van der Waals surface area contributed by atoms with E-state index in [1.165, 1.54) is 25.7 Å². The van der Waals surface area contributed by atoms with Crippen LogP contribution in [-0.2, 0) is 4.74 Å². The maximum absolute atomic E-state index is 6.13. The van der Waals surface area contributed by atoms with Crippen molar-refractivity contribution < 1.29 is 4.74 Å². The number of rotatable bonds is 1. The molecule has 1 saturated carbocycles. The van der Waals surface area contributed by atoms with Crippen LogP contribution in [0.25, 0.3) is 0 Å². The van der Waals surface area contributed by atoms with E-state index in [0.29, 0.717) is 12.0 Å². The fourth-order valence-electron chi connectivity index (χ4n) is 2.93. The largest absolute Gasteiger partial charge is 0.370 e. The molecule has 0 amide bonds. The summed E-state index contributed by atoms with van der Waals surface area (Å²) in [6.45, 7) is 8.00. The Kier molecular flexibility index (Phi) is 3.61. The van der Waals surface area contributed by atoms with E-state index in [2.05, 4.69) is 30.7 Å². The van der Waals surface area contributed by atoms with Gasteiger partial charge in [-0.3, -0.25) is 0 Å². The number of ether oxygens (including phenoxy) is 1. The quantitative estimate of drug-likeness (QED) is 0.560. The standard InChI is InChI=1S/C13H25N3O/c1-10-8-16(9-13(2,3)17-10)12(14)15-11-6-4-5-7-11/h10-11H,4-9H2,1-3H3,(H2,14,15). The molecule has 0 bridgehead atoms. The molecule has 0 radical (unpaired) electrons. The lowest BCUT2D eigenvalue weighted by Gasteiger charge is -2.42. The van der Waals surface area contributed by atoms with Crippen LogP contribution in [-0.4, -0.2) is 41.7 Å². The van der Waals surface area contributed by atoms with Gasteiger partial charge in [0, 0.05) is 13.1 Å². The number of morpholine rings is 1. The third-order valence-electron chi connectivity index (χ3n) is 3.53. The number of nitrogens with two attached hydrogens (primary N) is 1. The van der Waals surface area contributed by atoms with Gasteiger partial charge in [-0.2, -0.15) is 0 Å². The Bertz CT molecular complexity index is 295. The Morgan fingerprint density at radius 1 is 1.35 bits per heavy atom. The molecule has 2 N–H and O–H groups in total. The molecule has 0 aromatic carbocycles. The van der Waals surface area contributed by atoms with Gasteiger partial charge in [0.05, 0.1) is 17.7 Å². The molecule has 4 nitrogen and oxygen atoms in total. The molecule has 1 unspecified atom stereocenters. The van der Waals surface area contributed by atoms with Crippen molar-refractivity contribution in [2.75, 3.05) is 13.1 Å². The summed E-state index contributed by atoms with van der Waals surface area (Å²) >= 11 is 0. The summed E-state index contributed by atoms with van der Waals surface area (Å²) in [5, 5.41) is 0. The number of guanidine groups is 1. The van der Waals surface area contributed by atoms with E-state index in [4.69, 9.17) is 10.5 Å². The van der Waals surface area contributed by atoms with Gasteiger partial charge in [0.15, 0.2) is 5.96 Å². The SMILES string of the molecule is CC1CN(C(N)=NC2CCCC2)CC(C)(C)O1. The molecule has 17 heavy (non-hydrogen) atoms. The van der Waals surface area contributed by atoms with Gasteiger partial charge in [0.1, 0.15) is 0 Å². The lowest BCUT2D eigenvalue weighted by molar-refractivity contribution is -0.113. The highest BCUT2D eigenvalue weighted by Gasteiger charge is 2.32. The van der Waals surface area contributed by atoms with Crippen LogP contribution in [0.3, 0.4) is 0 Å². The van der Waals surface area contributed by atoms with Crippen molar-refractivity contribution in [1.82, 2.24) is 4.90 Å². The van der Waals surface area contributed by atoms with Gasteiger partial charge in [-0.15, -0.1) is 0 Å². The summed E-state index contributed by atoms with van der Waals surface area (Å²) < 4.78 is 5.87. The minimum absolute atomic E-state index is 0.131. The molecule has 0 aromatic heterocycles. The first-order chi connectivity index (χ1) is 7.96. The first kappa shape index (κ1) is 12.7. The molecule has 98 valence electrons. The molecule has 1 saturated heterocycles. The zero-order valence-corrected chi connectivity index (χ0v) is 11.3. The van der Waals surface area contributed by atoms with Crippen molar-refractivity contribution in [1.29, 1.82) is 0 Å². The zero-order valence-electron chi connectivity index (χ0n) is 11.3. The average molecular weight is 239 g/mol. The lowest BCUT2D eigenvalue weighted by atomic mass is 10.1.